The lowest BCUT2D eigenvalue weighted by molar-refractivity contribution is 0.0489. The number of nitrogens with zero attached hydrogens (tertiary/aromatic N) is 3. The number of hydrogen-bond donors (Lipinski definition) is 2. The van der Waals surface area contributed by atoms with E-state index in [1.54, 1.807) is 4.90 Å². The Labute approximate surface area is 175 Å². The SMILES string of the molecule is CC(C1CC(n2c(=O)[nH]c3ccccc32)CCN1C(=O)O)N(C)Cc1ccccc1. The van der Waals surface area contributed by atoms with Gasteiger partial charge in [0, 0.05) is 25.2 Å². The van der Waals surface area contributed by atoms with Crippen molar-refractivity contribution in [2.75, 3.05) is 13.6 Å². The number of fused-ring (bicyclic) bond motifs is 1. The van der Waals surface area contributed by atoms with Crippen molar-refractivity contribution in [3.63, 3.8) is 0 Å². The zero-order valence-electron chi connectivity index (χ0n) is 17.4. The summed E-state index contributed by atoms with van der Waals surface area (Å²) in [6.45, 7) is 3.23. The van der Waals surface area contributed by atoms with Crippen LogP contribution in [0.2, 0.25) is 0 Å². The summed E-state index contributed by atoms with van der Waals surface area (Å²) >= 11 is 0. The van der Waals surface area contributed by atoms with Crippen LogP contribution >= 0.6 is 0 Å². The molecule has 2 heterocycles. The van der Waals surface area contributed by atoms with Gasteiger partial charge >= 0.3 is 11.8 Å². The van der Waals surface area contributed by atoms with Crippen LogP contribution in [-0.2, 0) is 6.54 Å². The summed E-state index contributed by atoms with van der Waals surface area (Å²) in [6, 6.07) is 17.6. The maximum absolute atomic E-state index is 12.7. The summed E-state index contributed by atoms with van der Waals surface area (Å²) in [7, 11) is 2.03. The molecule has 3 atom stereocenters. The summed E-state index contributed by atoms with van der Waals surface area (Å²) in [4.78, 5) is 31.3. The van der Waals surface area contributed by atoms with Gasteiger partial charge in [-0.05, 0) is 44.5 Å². The Morgan fingerprint density at radius 2 is 1.90 bits per heavy atom. The molecular formula is C23H28N4O3. The van der Waals surface area contributed by atoms with Crippen LogP contribution in [0.15, 0.2) is 59.4 Å². The van der Waals surface area contributed by atoms with E-state index in [1.165, 1.54) is 5.56 Å². The number of carboxylic acid groups (broad SMARTS) is 1. The number of carbonyl (C=O) groups is 1. The van der Waals surface area contributed by atoms with Gasteiger partial charge in [0.15, 0.2) is 0 Å². The molecule has 30 heavy (non-hydrogen) atoms. The first-order chi connectivity index (χ1) is 14.5. The number of benzene rings is 2. The fourth-order valence-electron chi connectivity index (χ4n) is 4.65. The molecule has 2 aromatic carbocycles. The van der Waals surface area contributed by atoms with Crippen molar-refractivity contribution >= 4 is 17.1 Å². The molecule has 3 aromatic rings. The van der Waals surface area contributed by atoms with Crippen molar-refractivity contribution < 1.29 is 9.90 Å². The first-order valence-electron chi connectivity index (χ1n) is 10.4. The van der Waals surface area contributed by atoms with E-state index in [-0.39, 0.29) is 23.8 Å². The predicted molar refractivity (Wildman–Crippen MR) is 117 cm³/mol. The standard InChI is InChI=1S/C23H28N4O3/c1-16(25(2)15-17-8-4-3-5-9-17)21-14-18(12-13-26(21)23(29)30)27-20-11-7-6-10-19(20)24-22(27)28/h3-11,16,18,21H,12-15H2,1-2H3,(H,24,28)(H,29,30). The second kappa shape index (κ2) is 8.36. The van der Waals surface area contributed by atoms with Crippen LogP contribution in [-0.4, -0.2) is 56.2 Å². The normalized spacial score (nSPS) is 20.6. The van der Waals surface area contributed by atoms with Crippen LogP contribution < -0.4 is 5.69 Å². The Morgan fingerprint density at radius 1 is 1.20 bits per heavy atom. The molecule has 0 saturated carbocycles. The monoisotopic (exact) mass is 408 g/mol. The van der Waals surface area contributed by atoms with Crippen molar-refractivity contribution in [1.82, 2.24) is 19.4 Å². The van der Waals surface area contributed by atoms with E-state index < -0.39 is 6.09 Å². The van der Waals surface area contributed by atoms with Gasteiger partial charge in [0.25, 0.3) is 0 Å². The van der Waals surface area contributed by atoms with Crippen LogP contribution in [0, 0.1) is 0 Å². The minimum Gasteiger partial charge on any atom is -0.465 e. The van der Waals surface area contributed by atoms with Gasteiger partial charge in [-0.25, -0.2) is 9.59 Å². The fraction of sp³-hybridized carbons (Fsp3) is 0.391. The van der Waals surface area contributed by atoms with Crippen LogP contribution in [0.3, 0.4) is 0 Å². The number of hydrogen-bond acceptors (Lipinski definition) is 3. The maximum Gasteiger partial charge on any atom is 0.407 e. The highest BCUT2D eigenvalue weighted by Crippen LogP contribution is 2.31. The Kier molecular flexibility index (Phi) is 5.63. The average Bonchev–Trinajstić information content (AvgIpc) is 3.09. The Bertz CT molecular complexity index is 1070. The minimum absolute atomic E-state index is 0.00464. The number of likely N-dealkylation sites (N-methyl/N-ethyl adjacent to an activating group) is 1. The lowest BCUT2D eigenvalue weighted by atomic mass is 9.91. The van der Waals surface area contributed by atoms with Gasteiger partial charge in [0.2, 0.25) is 0 Å². The van der Waals surface area contributed by atoms with Gasteiger partial charge in [-0.2, -0.15) is 0 Å². The lowest BCUT2D eigenvalue weighted by Crippen LogP contribution is -2.55. The largest absolute Gasteiger partial charge is 0.465 e. The summed E-state index contributed by atoms with van der Waals surface area (Å²) in [5, 5.41) is 9.80. The maximum atomic E-state index is 12.7. The molecule has 1 saturated heterocycles. The van der Waals surface area contributed by atoms with Crippen molar-refractivity contribution in [3.05, 3.63) is 70.6 Å². The van der Waals surface area contributed by atoms with Crippen LogP contribution in [0.1, 0.15) is 31.4 Å². The quantitative estimate of drug-likeness (QED) is 0.677. The molecule has 0 aliphatic carbocycles. The van der Waals surface area contributed by atoms with Crippen molar-refractivity contribution in [2.24, 2.45) is 0 Å². The topological polar surface area (TPSA) is 81.6 Å². The van der Waals surface area contributed by atoms with Crippen molar-refractivity contribution in [2.45, 2.75) is 44.4 Å². The number of H-pyrrole nitrogens is 1. The van der Waals surface area contributed by atoms with Crippen molar-refractivity contribution in [1.29, 1.82) is 0 Å². The lowest BCUT2D eigenvalue weighted by Gasteiger charge is -2.43. The summed E-state index contributed by atoms with van der Waals surface area (Å²) in [6.07, 6.45) is 0.332. The Morgan fingerprint density at radius 3 is 2.63 bits per heavy atom. The molecule has 3 unspecified atom stereocenters. The van der Waals surface area contributed by atoms with Gasteiger partial charge < -0.3 is 15.0 Å². The smallest absolute Gasteiger partial charge is 0.407 e. The molecule has 7 heteroatoms. The first kappa shape index (κ1) is 20.2. The summed E-state index contributed by atoms with van der Waals surface area (Å²) < 4.78 is 1.81. The molecule has 1 aliphatic rings. The zero-order chi connectivity index (χ0) is 21.3. The molecule has 1 aromatic heterocycles. The molecule has 2 N–H and O–H groups in total. The van der Waals surface area contributed by atoms with E-state index >= 15 is 0 Å². The number of likely N-dealkylation sites (tertiary alicyclic amines) is 1. The third-order valence-corrected chi connectivity index (χ3v) is 6.38. The van der Waals surface area contributed by atoms with Gasteiger partial charge in [-0.1, -0.05) is 42.5 Å². The molecule has 158 valence electrons. The molecule has 1 fully saturated rings. The predicted octanol–water partition coefficient (Wildman–Crippen LogP) is 3.53. The van der Waals surface area contributed by atoms with Gasteiger partial charge in [0.05, 0.1) is 17.1 Å². The second-order valence-electron chi connectivity index (χ2n) is 8.18. The molecule has 0 radical (unpaired) electrons. The summed E-state index contributed by atoms with van der Waals surface area (Å²) in [5.41, 5.74) is 2.75. The summed E-state index contributed by atoms with van der Waals surface area (Å²) in [5.74, 6) is 0. The van der Waals surface area contributed by atoms with E-state index in [0.29, 0.717) is 19.4 Å². The molecule has 0 bridgehead atoms. The van der Waals surface area contributed by atoms with E-state index in [2.05, 4.69) is 28.9 Å². The van der Waals surface area contributed by atoms with E-state index in [0.717, 1.165) is 17.6 Å². The minimum atomic E-state index is -0.898. The van der Waals surface area contributed by atoms with Crippen LogP contribution in [0.25, 0.3) is 11.0 Å². The highest BCUT2D eigenvalue weighted by atomic mass is 16.4. The number of imidazole rings is 1. The number of rotatable bonds is 5. The van der Waals surface area contributed by atoms with Gasteiger partial charge in [0.1, 0.15) is 0 Å². The molecular weight excluding hydrogens is 380 g/mol. The number of aromatic nitrogens is 2. The highest BCUT2D eigenvalue weighted by Gasteiger charge is 2.37. The zero-order valence-corrected chi connectivity index (χ0v) is 17.4. The number of aromatic amines is 1. The van der Waals surface area contributed by atoms with Gasteiger partial charge in [-0.3, -0.25) is 9.47 Å². The molecule has 1 amide bonds. The highest BCUT2D eigenvalue weighted by molar-refractivity contribution is 5.75. The average molecular weight is 409 g/mol. The molecule has 1 aliphatic heterocycles. The number of para-hydroxylation sites is 2. The van der Waals surface area contributed by atoms with Crippen molar-refractivity contribution in [3.8, 4) is 0 Å². The van der Waals surface area contributed by atoms with Gasteiger partial charge in [-0.15, -0.1) is 0 Å². The van der Waals surface area contributed by atoms with E-state index in [4.69, 9.17) is 0 Å². The molecule has 0 spiro atoms. The third-order valence-electron chi connectivity index (χ3n) is 6.38. The second-order valence-corrected chi connectivity index (χ2v) is 8.18. The Balaban J connectivity index is 1.60. The fourth-order valence-corrected chi connectivity index (χ4v) is 4.65. The number of nitrogens with one attached hydrogen (secondary N) is 1. The number of piperidine rings is 1. The Hall–Kier alpha value is -3.06. The first-order valence-corrected chi connectivity index (χ1v) is 10.4. The van der Waals surface area contributed by atoms with E-state index in [1.807, 2.05) is 54.1 Å². The van der Waals surface area contributed by atoms with E-state index in [9.17, 15) is 14.7 Å². The third kappa shape index (κ3) is 3.85. The van der Waals surface area contributed by atoms with Crippen LogP contribution in [0.5, 0.6) is 0 Å². The number of amides is 1. The molecule has 7 nitrogen and oxygen atoms in total. The van der Waals surface area contributed by atoms with Crippen LogP contribution in [0.4, 0.5) is 4.79 Å². The molecule has 4 rings (SSSR count).